The lowest BCUT2D eigenvalue weighted by molar-refractivity contribution is -0.138. The molecule has 0 aromatic carbocycles. The summed E-state index contributed by atoms with van der Waals surface area (Å²) in [4.78, 5) is 12.8. The van der Waals surface area contributed by atoms with Crippen LogP contribution in [0.4, 0.5) is 0 Å². The van der Waals surface area contributed by atoms with E-state index in [0.29, 0.717) is 6.61 Å². The van der Waals surface area contributed by atoms with E-state index in [1.807, 2.05) is 19.0 Å². The maximum absolute atomic E-state index is 10.8. The van der Waals surface area contributed by atoms with Crippen LogP contribution in [0.5, 0.6) is 0 Å². The molecule has 0 rings (SSSR count). The molecule has 0 aliphatic carbocycles. The lowest BCUT2D eigenvalue weighted by Gasteiger charge is -2.07. The molecule has 0 aliphatic heterocycles. The Labute approximate surface area is 74.0 Å². The van der Waals surface area contributed by atoms with Gasteiger partial charge in [-0.2, -0.15) is 4.79 Å². The summed E-state index contributed by atoms with van der Waals surface area (Å²) in [6.07, 6.45) is 0.839. The lowest BCUT2D eigenvalue weighted by atomic mass is 10.3. The summed E-state index contributed by atoms with van der Waals surface area (Å²) in [7, 11) is 3.95. The Morgan fingerprint density at radius 1 is 1.58 bits per heavy atom. The van der Waals surface area contributed by atoms with Crippen molar-refractivity contribution in [1.29, 1.82) is 0 Å². The molecule has 0 aromatic rings. The molecule has 0 saturated heterocycles. The minimum absolute atomic E-state index is 0.208. The van der Waals surface area contributed by atoms with Gasteiger partial charge in [-0.15, -0.1) is 0 Å². The average molecular weight is 170 g/mol. The molecule has 0 N–H and O–H groups in total. The average Bonchev–Trinajstić information content (AvgIpc) is 1.97. The predicted octanol–water partition coefficient (Wildman–Crippen LogP) is 0.872. The van der Waals surface area contributed by atoms with E-state index in [1.54, 1.807) is 0 Å². The first-order valence-electron chi connectivity index (χ1n) is 3.86. The fraction of sp³-hybridized carbons (Fsp3) is 0.556. The smallest absolute Gasteiger partial charge is 0.402 e. The van der Waals surface area contributed by atoms with Gasteiger partial charge in [-0.05, 0) is 20.5 Å². The largest absolute Gasteiger partial charge is 0.448 e. The maximum Gasteiger partial charge on any atom is 0.448 e. The van der Waals surface area contributed by atoms with Crippen molar-refractivity contribution in [3.63, 3.8) is 0 Å². The van der Waals surface area contributed by atoms with Gasteiger partial charge in [0.15, 0.2) is 0 Å². The molecule has 0 aromatic heterocycles. The van der Waals surface area contributed by atoms with Crippen molar-refractivity contribution < 1.29 is 9.53 Å². The summed E-state index contributed by atoms with van der Waals surface area (Å²) >= 11 is 0. The van der Waals surface area contributed by atoms with Crippen LogP contribution in [0.15, 0.2) is 12.2 Å². The van der Waals surface area contributed by atoms with Crippen molar-refractivity contribution in [2.24, 2.45) is 0 Å². The molecule has 68 valence electrons. The van der Waals surface area contributed by atoms with Crippen LogP contribution >= 0.6 is 0 Å². The molecule has 0 fully saturated rings. The third-order valence-electron chi connectivity index (χ3n) is 1.27. The molecular formula is C9H16NO2+. The van der Waals surface area contributed by atoms with Gasteiger partial charge in [-0.25, -0.2) is 0 Å². The highest BCUT2D eigenvalue weighted by Crippen LogP contribution is 1.93. The normalized spacial score (nSPS) is 9.92. The molecular weight excluding hydrogens is 154 g/mol. The molecule has 0 atom stereocenters. The van der Waals surface area contributed by atoms with Gasteiger partial charge in [0.25, 0.3) is 0 Å². The Balaban J connectivity index is 3.32. The molecule has 0 bridgehead atoms. The van der Waals surface area contributed by atoms with E-state index in [-0.39, 0.29) is 5.57 Å². The first-order valence-corrected chi connectivity index (χ1v) is 3.86. The second kappa shape index (κ2) is 5.66. The second-order valence-electron chi connectivity index (χ2n) is 2.90. The van der Waals surface area contributed by atoms with Crippen molar-refractivity contribution in [3.05, 3.63) is 19.1 Å². The van der Waals surface area contributed by atoms with Crippen molar-refractivity contribution in [3.8, 4) is 0 Å². The van der Waals surface area contributed by atoms with Gasteiger partial charge in [0.1, 0.15) is 6.61 Å². The fourth-order valence-corrected chi connectivity index (χ4v) is 0.648. The van der Waals surface area contributed by atoms with Crippen LogP contribution in [0.2, 0.25) is 0 Å². The van der Waals surface area contributed by atoms with Gasteiger partial charge in [0, 0.05) is 20.0 Å². The summed E-state index contributed by atoms with van der Waals surface area (Å²) in [5.41, 5.74) is 0.208. The zero-order valence-corrected chi connectivity index (χ0v) is 7.80. The van der Waals surface area contributed by atoms with Gasteiger partial charge in [-0.3, -0.25) is 0 Å². The summed E-state index contributed by atoms with van der Waals surface area (Å²) in [6, 6.07) is 0. The van der Waals surface area contributed by atoms with Crippen LogP contribution in [0.25, 0.3) is 0 Å². The topological polar surface area (TPSA) is 29.5 Å². The highest BCUT2D eigenvalue weighted by Gasteiger charge is 2.11. The monoisotopic (exact) mass is 170 g/mol. The SMILES string of the molecule is C=C([CH2+])C(=O)OCCCN(C)C. The molecule has 3 nitrogen and oxygen atoms in total. The zero-order chi connectivity index (χ0) is 9.56. The van der Waals surface area contributed by atoms with Crippen LogP contribution in [-0.4, -0.2) is 38.1 Å². The van der Waals surface area contributed by atoms with Crippen LogP contribution in [-0.2, 0) is 9.53 Å². The Bertz CT molecular complexity index is 164. The van der Waals surface area contributed by atoms with Gasteiger partial charge in [0.05, 0.1) is 0 Å². The van der Waals surface area contributed by atoms with E-state index < -0.39 is 5.97 Å². The number of ether oxygens (including phenoxy) is 1. The van der Waals surface area contributed by atoms with E-state index in [2.05, 4.69) is 13.5 Å². The molecule has 0 spiro atoms. The van der Waals surface area contributed by atoms with Crippen LogP contribution in [0.3, 0.4) is 0 Å². The third kappa shape index (κ3) is 5.80. The summed E-state index contributed by atoms with van der Waals surface area (Å²) in [5, 5.41) is 0. The standard InChI is InChI=1S/C9H16NO2/c1-8(2)9(11)12-7-5-6-10(3)4/h1-2,5-7H2,3-4H3/q+1. The van der Waals surface area contributed by atoms with E-state index in [0.717, 1.165) is 13.0 Å². The number of rotatable bonds is 5. The number of nitrogens with zero attached hydrogens (tertiary/aromatic N) is 1. The molecule has 0 unspecified atom stereocenters. The minimum Gasteiger partial charge on any atom is -0.402 e. The molecule has 12 heavy (non-hydrogen) atoms. The quantitative estimate of drug-likeness (QED) is 0.265. The number of esters is 1. The first kappa shape index (κ1) is 11.0. The van der Waals surface area contributed by atoms with Gasteiger partial charge >= 0.3 is 5.97 Å². The van der Waals surface area contributed by atoms with Crippen LogP contribution < -0.4 is 0 Å². The van der Waals surface area contributed by atoms with Gasteiger partial charge in [0.2, 0.25) is 5.57 Å². The van der Waals surface area contributed by atoms with Gasteiger partial charge in [-0.1, -0.05) is 0 Å². The third-order valence-corrected chi connectivity index (χ3v) is 1.27. The number of hydrogen-bond acceptors (Lipinski definition) is 3. The number of hydrogen-bond donors (Lipinski definition) is 0. The first-order chi connectivity index (χ1) is 5.54. The molecule has 0 amide bonds. The minimum atomic E-state index is -0.409. The van der Waals surface area contributed by atoms with E-state index >= 15 is 0 Å². The Morgan fingerprint density at radius 3 is 2.58 bits per heavy atom. The summed E-state index contributed by atoms with van der Waals surface area (Å²) in [5.74, 6) is -0.409. The highest BCUT2D eigenvalue weighted by molar-refractivity contribution is 5.88. The molecule has 3 heteroatoms. The predicted molar refractivity (Wildman–Crippen MR) is 48.6 cm³/mol. The Morgan fingerprint density at radius 2 is 2.17 bits per heavy atom. The van der Waals surface area contributed by atoms with E-state index in [1.165, 1.54) is 0 Å². The molecule has 0 saturated carbocycles. The second-order valence-corrected chi connectivity index (χ2v) is 2.90. The van der Waals surface area contributed by atoms with Gasteiger partial charge < -0.3 is 9.64 Å². The maximum atomic E-state index is 10.8. The van der Waals surface area contributed by atoms with E-state index in [4.69, 9.17) is 4.74 Å². The van der Waals surface area contributed by atoms with Crippen molar-refractivity contribution >= 4 is 5.97 Å². The lowest BCUT2D eigenvalue weighted by Crippen LogP contribution is -2.16. The van der Waals surface area contributed by atoms with Crippen molar-refractivity contribution in [1.82, 2.24) is 4.90 Å². The number of carbonyl (C=O) groups is 1. The highest BCUT2D eigenvalue weighted by atomic mass is 16.5. The zero-order valence-electron chi connectivity index (χ0n) is 7.80. The summed E-state index contributed by atoms with van der Waals surface area (Å²) in [6.45, 7) is 8.10. The summed E-state index contributed by atoms with van der Waals surface area (Å²) < 4.78 is 4.83. The molecule has 0 aliphatic rings. The fourth-order valence-electron chi connectivity index (χ4n) is 0.648. The van der Waals surface area contributed by atoms with Crippen molar-refractivity contribution in [2.45, 2.75) is 6.42 Å². The van der Waals surface area contributed by atoms with E-state index in [9.17, 15) is 4.79 Å². The Hall–Kier alpha value is -0.960. The Kier molecular flexibility index (Phi) is 5.21. The number of carbonyl (C=O) groups excluding carboxylic acids is 1. The molecule has 0 heterocycles. The van der Waals surface area contributed by atoms with Crippen LogP contribution in [0.1, 0.15) is 6.42 Å². The van der Waals surface area contributed by atoms with Crippen LogP contribution in [0, 0.1) is 6.92 Å². The molecule has 0 radical (unpaired) electrons. The van der Waals surface area contributed by atoms with Crippen molar-refractivity contribution in [2.75, 3.05) is 27.2 Å².